The second kappa shape index (κ2) is 16.2. The Morgan fingerprint density at radius 2 is 1.75 bits per heavy atom. The van der Waals surface area contributed by atoms with Gasteiger partial charge in [-0.2, -0.15) is 13.2 Å². The van der Waals surface area contributed by atoms with Crippen LogP contribution in [0.5, 0.6) is 0 Å². The summed E-state index contributed by atoms with van der Waals surface area (Å²) >= 11 is 4.25. The molecule has 0 radical (unpaired) electrons. The molecular formula is C30H40F3N5OS. The van der Waals surface area contributed by atoms with Crippen LogP contribution in [0.1, 0.15) is 39.3 Å². The van der Waals surface area contributed by atoms with E-state index in [1.165, 1.54) is 11.6 Å². The molecule has 0 saturated carbocycles. The molecule has 0 spiro atoms. The summed E-state index contributed by atoms with van der Waals surface area (Å²) in [5, 5.41) is 7.39. The lowest BCUT2D eigenvalue weighted by molar-refractivity contribution is -0.140. The highest BCUT2D eigenvalue weighted by atomic mass is 32.1. The molecule has 4 N–H and O–H groups in total. The number of nitrogens with two attached hydrogens (primary N) is 1. The maximum atomic E-state index is 13.4. The fourth-order valence-corrected chi connectivity index (χ4v) is 4.64. The fourth-order valence-electron chi connectivity index (χ4n) is 4.49. The van der Waals surface area contributed by atoms with Gasteiger partial charge in [-0.1, -0.05) is 25.8 Å². The number of benzene rings is 2. The number of aromatic nitrogens is 1. The molecule has 4 rings (SSSR count). The number of alkyl halides is 3. The average molecular weight is 576 g/mol. The van der Waals surface area contributed by atoms with Crippen LogP contribution in [-0.2, 0) is 11.3 Å². The monoisotopic (exact) mass is 575 g/mol. The zero-order valence-corrected chi connectivity index (χ0v) is 24.5. The second-order valence-corrected chi connectivity index (χ2v) is 9.58. The first-order valence-electron chi connectivity index (χ1n) is 13.4. The van der Waals surface area contributed by atoms with Gasteiger partial charge in [0.2, 0.25) is 0 Å². The zero-order chi connectivity index (χ0) is 29.7. The Morgan fingerprint density at radius 3 is 2.35 bits per heavy atom. The Bertz CT molecular complexity index is 1270. The van der Waals surface area contributed by atoms with Crippen molar-refractivity contribution in [2.75, 3.05) is 43.9 Å². The normalized spacial score (nSPS) is 13.7. The molecule has 1 aromatic heterocycles. The predicted octanol–water partition coefficient (Wildman–Crippen LogP) is 6.02. The van der Waals surface area contributed by atoms with Crippen molar-refractivity contribution in [2.24, 2.45) is 5.73 Å². The molecule has 1 aliphatic rings. The minimum absolute atomic E-state index is 0.150. The molecule has 40 heavy (non-hydrogen) atoms. The number of likely N-dealkylation sites (tertiary alicyclic amines) is 1. The van der Waals surface area contributed by atoms with Crippen LogP contribution < -0.4 is 16.4 Å². The van der Waals surface area contributed by atoms with E-state index >= 15 is 0 Å². The minimum Gasteiger partial charge on any atom is -0.382 e. The number of fused-ring (bicyclic) bond motifs is 1. The second-order valence-electron chi connectivity index (χ2n) is 9.07. The topological polar surface area (TPSA) is 75.3 Å². The van der Waals surface area contributed by atoms with Crippen LogP contribution in [0.2, 0.25) is 0 Å². The van der Waals surface area contributed by atoms with E-state index in [0.29, 0.717) is 24.3 Å². The average Bonchev–Trinajstić information content (AvgIpc) is 3.27. The summed E-state index contributed by atoms with van der Waals surface area (Å²) in [6.45, 7) is 6.85. The molecule has 3 aromatic rings. The van der Waals surface area contributed by atoms with Crippen molar-refractivity contribution in [1.29, 1.82) is 0 Å². The summed E-state index contributed by atoms with van der Waals surface area (Å²) in [4.78, 5) is 14.4. The van der Waals surface area contributed by atoms with Crippen molar-refractivity contribution < 1.29 is 18.0 Å². The van der Waals surface area contributed by atoms with Gasteiger partial charge in [0.25, 0.3) is 0 Å². The smallest absolute Gasteiger partial charge is 0.382 e. The SMILES string of the molecule is CC.CC(=O)CN1CCC(Nc2cccc3c2cc(C#CCNc2ccc(S)cc2)n3CC(F)(F)F)CC1.CN. The van der Waals surface area contributed by atoms with Crippen LogP contribution in [0.3, 0.4) is 0 Å². The van der Waals surface area contributed by atoms with Crippen LogP contribution in [0.15, 0.2) is 53.4 Å². The molecular weight excluding hydrogens is 535 g/mol. The van der Waals surface area contributed by atoms with Crippen molar-refractivity contribution in [3.05, 3.63) is 54.2 Å². The largest absolute Gasteiger partial charge is 0.406 e. The van der Waals surface area contributed by atoms with Crippen LogP contribution in [0, 0.1) is 11.8 Å². The Labute approximate surface area is 240 Å². The number of carbonyl (C=O) groups is 1. The lowest BCUT2D eigenvalue weighted by Gasteiger charge is -2.32. The summed E-state index contributed by atoms with van der Waals surface area (Å²) in [6.07, 6.45) is -2.65. The number of ketones is 1. The lowest BCUT2D eigenvalue weighted by Crippen LogP contribution is -2.41. The van der Waals surface area contributed by atoms with E-state index in [2.05, 4.69) is 45.7 Å². The van der Waals surface area contributed by atoms with E-state index in [1.54, 1.807) is 25.1 Å². The molecule has 0 atom stereocenters. The van der Waals surface area contributed by atoms with Gasteiger partial charge < -0.3 is 20.9 Å². The van der Waals surface area contributed by atoms with Crippen molar-refractivity contribution in [3.8, 4) is 11.8 Å². The van der Waals surface area contributed by atoms with Crippen LogP contribution in [0.25, 0.3) is 10.9 Å². The van der Waals surface area contributed by atoms with Gasteiger partial charge in [0.1, 0.15) is 12.3 Å². The Hall–Kier alpha value is -3.13. The first-order chi connectivity index (χ1) is 19.2. The highest BCUT2D eigenvalue weighted by molar-refractivity contribution is 7.80. The number of carbonyl (C=O) groups excluding carboxylic acids is 1. The molecule has 1 fully saturated rings. The number of hydrogen-bond acceptors (Lipinski definition) is 6. The Kier molecular flexibility index (Phi) is 13.4. The fraction of sp³-hybridized carbons (Fsp3) is 0.433. The van der Waals surface area contributed by atoms with Gasteiger partial charge in [0.05, 0.1) is 24.3 Å². The van der Waals surface area contributed by atoms with E-state index in [-0.39, 0.29) is 11.8 Å². The number of rotatable bonds is 7. The standard InChI is InChI=1S/C27H29F3N4OS.C2H6.CH5N/c1-19(35)17-33-14-11-21(12-15-33)32-25-5-2-6-26-24(25)16-22(34(26)18-27(28,29)30)4-3-13-31-20-7-9-23(36)10-8-20;2*1-2/h2,5-10,16,21,31-32,36H,11-15,17-18H2,1H3;1-2H3;2H2,1H3. The van der Waals surface area contributed by atoms with Crippen molar-refractivity contribution in [2.45, 2.75) is 57.3 Å². The number of nitrogens with one attached hydrogen (secondary N) is 2. The molecule has 0 aliphatic carbocycles. The van der Waals surface area contributed by atoms with Crippen LogP contribution in [-0.4, -0.2) is 60.7 Å². The van der Waals surface area contributed by atoms with Gasteiger partial charge in [0, 0.05) is 40.8 Å². The first-order valence-corrected chi connectivity index (χ1v) is 13.9. The van der Waals surface area contributed by atoms with Gasteiger partial charge in [0.15, 0.2) is 0 Å². The zero-order valence-electron chi connectivity index (χ0n) is 23.6. The van der Waals surface area contributed by atoms with Gasteiger partial charge in [-0.3, -0.25) is 9.69 Å². The van der Waals surface area contributed by atoms with Gasteiger partial charge >= 0.3 is 6.18 Å². The summed E-state index contributed by atoms with van der Waals surface area (Å²) in [5.41, 5.74) is 6.97. The van der Waals surface area contributed by atoms with Crippen molar-refractivity contribution >= 4 is 40.7 Å². The highest BCUT2D eigenvalue weighted by Gasteiger charge is 2.30. The molecule has 218 valence electrons. The molecule has 0 bridgehead atoms. The lowest BCUT2D eigenvalue weighted by atomic mass is 10.0. The number of Topliss-reactive ketones (excluding diaryl/α,β-unsaturated/α-hetero) is 1. The summed E-state index contributed by atoms with van der Waals surface area (Å²) in [5.74, 6) is 6.03. The third-order valence-electron chi connectivity index (χ3n) is 6.14. The summed E-state index contributed by atoms with van der Waals surface area (Å²) in [7, 11) is 1.50. The Balaban J connectivity index is 0.00000134. The molecule has 10 heteroatoms. The first kappa shape index (κ1) is 33.1. The Morgan fingerprint density at radius 1 is 1.10 bits per heavy atom. The molecule has 6 nitrogen and oxygen atoms in total. The maximum absolute atomic E-state index is 13.4. The van der Waals surface area contributed by atoms with E-state index in [9.17, 15) is 18.0 Å². The molecule has 1 aliphatic heterocycles. The maximum Gasteiger partial charge on any atom is 0.406 e. The highest BCUT2D eigenvalue weighted by Crippen LogP contribution is 2.31. The quantitative estimate of drug-likeness (QED) is 0.205. The number of halogens is 3. The molecule has 0 unspecified atom stereocenters. The van der Waals surface area contributed by atoms with Gasteiger partial charge in [-0.25, -0.2) is 0 Å². The minimum atomic E-state index is -4.37. The van der Waals surface area contributed by atoms with E-state index < -0.39 is 12.7 Å². The number of nitrogens with zero attached hydrogens (tertiary/aromatic N) is 2. The van der Waals surface area contributed by atoms with E-state index in [4.69, 9.17) is 0 Å². The number of thiol groups is 1. The molecule has 2 heterocycles. The van der Waals surface area contributed by atoms with Gasteiger partial charge in [-0.15, -0.1) is 12.6 Å². The third-order valence-corrected chi connectivity index (χ3v) is 6.44. The van der Waals surface area contributed by atoms with E-state index in [1.807, 2.05) is 44.2 Å². The summed E-state index contributed by atoms with van der Waals surface area (Å²) < 4.78 is 41.5. The third kappa shape index (κ3) is 10.1. The molecule has 2 aromatic carbocycles. The number of hydrogen-bond donors (Lipinski definition) is 4. The van der Waals surface area contributed by atoms with Crippen LogP contribution in [0.4, 0.5) is 24.5 Å². The summed E-state index contributed by atoms with van der Waals surface area (Å²) in [6, 6.07) is 14.7. The predicted molar refractivity (Wildman–Crippen MR) is 162 cm³/mol. The van der Waals surface area contributed by atoms with Gasteiger partial charge in [-0.05, 0) is 75.2 Å². The van der Waals surface area contributed by atoms with Crippen molar-refractivity contribution in [1.82, 2.24) is 9.47 Å². The van der Waals surface area contributed by atoms with E-state index in [0.717, 1.165) is 47.6 Å². The van der Waals surface area contributed by atoms with Crippen molar-refractivity contribution in [3.63, 3.8) is 0 Å². The van der Waals surface area contributed by atoms with Crippen LogP contribution >= 0.6 is 12.6 Å². The number of piperidine rings is 1. The molecule has 0 amide bonds. The number of anilines is 2. The molecule has 1 saturated heterocycles.